The zero-order valence-electron chi connectivity index (χ0n) is 18.5. The highest BCUT2D eigenvalue weighted by atomic mass is 35.5. The number of nitrogens with zero attached hydrogens (tertiary/aromatic N) is 4. The Hall–Kier alpha value is -2.36. The van der Waals surface area contributed by atoms with E-state index in [1.165, 1.54) is 6.07 Å². The van der Waals surface area contributed by atoms with Gasteiger partial charge in [0, 0.05) is 32.4 Å². The van der Waals surface area contributed by atoms with E-state index in [4.69, 9.17) is 58.6 Å². The van der Waals surface area contributed by atoms with E-state index in [1.54, 1.807) is 45.9 Å². The second-order valence-electron chi connectivity index (χ2n) is 7.71. The van der Waals surface area contributed by atoms with Gasteiger partial charge in [-0.15, -0.1) is 0 Å². The Morgan fingerprint density at radius 1 is 0.886 bits per heavy atom. The van der Waals surface area contributed by atoms with E-state index >= 15 is 0 Å². The number of nitrogens with one attached hydrogen (secondary N) is 2. The number of benzene rings is 2. The van der Waals surface area contributed by atoms with E-state index in [0.29, 0.717) is 49.4 Å². The first-order chi connectivity index (χ1) is 16.6. The standard InChI is InChI=1S/C23H19Cl4FN6S/c1-12-21(13(2)34(31-12)10-15-18(26)7-4-8-20(15)28)29-23(35)30-22-19(27)11-33(32-22)9-14-16(24)5-3-6-17(14)25/h3-8,11H,9-10H2,1-2H3,(H2,29,30,32,35). The van der Waals surface area contributed by atoms with Crippen LogP contribution in [0.1, 0.15) is 22.5 Å². The maximum absolute atomic E-state index is 14.2. The van der Waals surface area contributed by atoms with Crippen LogP contribution >= 0.6 is 58.6 Å². The van der Waals surface area contributed by atoms with Gasteiger partial charge in [0.2, 0.25) is 0 Å². The van der Waals surface area contributed by atoms with Crippen molar-refractivity contribution in [2.24, 2.45) is 0 Å². The molecule has 2 aromatic heterocycles. The zero-order valence-corrected chi connectivity index (χ0v) is 22.4. The van der Waals surface area contributed by atoms with Crippen molar-refractivity contribution in [1.82, 2.24) is 19.6 Å². The Morgan fingerprint density at radius 3 is 2.17 bits per heavy atom. The number of anilines is 2. The first-order valence-corrected chi connectivity index (χ1v) is 12.3. The molecule has 0 aliphatic rings. The van der Waals surface area contributed by atoms with Crippen LogP contribution in [-0.4, -0.2) is 24.7 Å². The van der Waals surface area contributed by atoms with Crippen molar-refractivity contribution < 1.29 is 4.39 Å². The fourth-order valence-electron chi connectivity index (χ4n) is 3.53. The summed E-state index contributed by atoms with van der Waals surface area (Å²) in [6, 6.07) is 9.88. The molecule has 0 amide bonds. The van der Waals surface area contributed by atoms with Gasteiger partial charge >= 0.3 is 0 Å². The molecule has 0 bridgehead atoms. The Kier molecular flexibility index (Phi) is 7.88. The van der Waals surface area contributed by atoms with Gasteiger partial charge in [0.05, 0.1) is 30.2 Å². The fourth-order valence-corrected chi connectivity index (χ4v) is 4.66. The smallest absolute Gasteiger partial charge is 0.176 e. The Morgan fingerprint density at radius 2 is 1.51 bits per heavy atom. The van der Waals surface area contributed by atoms with Crippen LogP contribution in [-0.2, 0) is 13.1 Å². The maximum atomic E-state index is 14.2. The Bertz CT molecular complexity index is 1380. The van der Waals surface area contributed by atoms with Gasteiger partial charge in [0.15, 0.2) is 10.9 Å². The molecule has 0 spiro atoms. The molecule has 0 unspecified atom stereocenters. The van der Waals surface area contributed by atoms with E-state index in [0.717, 1.165) is 11.3 Å². The third-order valence-electron chi connectivity index (χ3n) is 5.32. The molecule has 0 radical (unpaired) electrons. The molecule has 0 aliphatic heterocycles. The summed E-state index contributed by atoms with van der Waals surface area (Å²) in [4.78, 5) is 0. The van der Waals surface area contributed by atoms with E-state index in [9.17, 15) is 4.39 Å². The zero-order chi connectivity index (χ0) is 25.3. The van der Waals surface area contributed by atoms with Crippen molar-refractivity contribution >= 4 is 75.2 Å². The molecular weight excluding hydrogens is 553 g/mol. The lowest BCUT2D eigenvalue weighted by Crippen LogP contribution is -2.20. The predicted molar refractivity (Wildman–Crippen MR) is 145 cm³/mol. The lowest BCUT2D eigenvalue weighted by Gasteiger charge is -2.11. The predicted octanol–water partition coefficient (Wildman–Crippen LogP) is 7.35. The van der Waals surface area contributed by atoms with Gasteiger partial charge in [-0.25, -0.2) is 4.39 Å². The molecule has 2 heterocycles. The van der Waals surface area contributed by atoms with Gasteiger partial charge in [0.25, 0.3) is 0 Å². The highest BCUT2D eigenvalue weighted by molar-refractivity contribution is 7.80. The first-order valence-electron chi connectivity index (χ1n) is 10.3. The molecule has 0 fully saturated rings. The molecule has 12 heteroatoms. The fraction of sp³-hybridized carbons (Fsp3) is 0.174. The lowest BCUT2D eigenvalue weighted by atomic mass is 10.2. The third-order valence-corrected chi connectivity index (χ3v) is 6.86. The van der Waals surface area contributed by atoms with Crippen LogP contribution in [0.4, 0.5) is 15.9 Å². The van der Waals surface area contributed by atoms with Crippen molar-refractivity contribution in [2.75, 3.05) is 10.6 Å². The highest BCUT2D eigenvalue weighted by Crippen LogP contribution is 2.28. The minimum Gasteiger partial charge on any atom is -0.329 e. The number of rotatable bonds is 6. The van der Waals surface area contributed by atoms with Crippen molar-refractivity contribution in [2.45, 2.75) is 26.9 Å². The van der Waals surface area contributed by atoms with Crippen molar-refractivity contribution in [3.63, 3.8) is 0 Å². The number of hydrogen-bond acceptors (Lipinski definition) is 3. The first kappa shape index (κ1) is 25.7. The van der Waals surface area contributed by atoms with Gasteiger partial charge in [-0.05, 0) is 50.3 Å². The molecule has 4 rings (SSSR count). The number of aromatic nitrogens is 4. The summed E-state index contributed by atoms with van der Waals surface area (Å²) >= 11 is 30.5. The van der Waals surface area contributed by atoms with Gasteiger partial charge in [-0.3, -0.25) is 9.36 Å². The molecule has 2 aromatic carbocycles. The van der Waals surface area contributed by atoms with Gasteiger partial charge in [-0.2, -0.15) is 10.2 Å². The molecule has 6 nitrogen and oxygen atoms in total. The molecule has 4 aromatic rings. The minimum atomic E-state index is -0.389. The molecule has 2 N–H and O–H groups in total. The van der Waals surface area contributed by atoms with Crippen LogP contribution in [0.2, 0.25) is 20.1 Å². The number of aryl methyl sites for hydroxylation is 1. The molecule has 0 saturated heterocycles. The van der Waals surface area contributed by atoms with Crippen LogP contribution in [0.5, 0.6) is 0 Å². The summed E-state index contributed by atoms with van der Waals surface area (Å²) in [5.74, 6) is -0.0202. The Balaban J connectivity index is 1.48. The molecule has 0 aliphatic carbocycles. The lowest BCUT2D eigenvalue weighted by molar-refractivity contribution is 0.579. The van der Waals surface area contributed by atoms with E-state index in [2.05, 4.69) is 20.8 Å². The summed E-state index contributed by atoms with van der Waals surface area (Å²) in [5, 5.41) is 17.1. The summed E-state index contributed by atoms with van der Waals surface area (Å²) in [6.07, 6.45) is 1.65. The van der Waals surface area contributed by atoms with Crippen molar-refractivity contribution in [3.8, 4) is 0 Å². The van der Waals surface area contributed by atoms with E-state index in [-0.39, 0.29) is 17.5 Å². The topological polar surface area (TPSA) is 59.7 Å². The van der Waals surface area contributed by atoms with Gasteiger partial charge < -0.3 is 10.6 Å². The minimum absolute atomic E-state index is 0.181. The summed E-state index contributed by atoms with van der Waals surface area (Å²) in [7, 11) is 0. The average molecular weight is 572 g/mol. The second-order valence-corrected chi connectivity index (χ2v) is 9.74. The summed E-state index contributed by atoms with van der Waals surface area (Å²) in [5.41, 5.74) is 3.23. The molecule has 35 heavy (non-hydrogen) atoms. The molecule has 182 valence electrons. The van der Waals surface area contributed by atoms with E-state index in [1.807, 2.05) is 13.8 Å². The van der Waals surface area contributed by atoms with E-state index < -0.39 is 0 Å². The molecule has 0 saturated carbocycles. The van der Waals surface area contributed by atoms with Crippen LogP contribution < -0.4 is 10.6 Å². The van der Waals surface area contributed by atoms with Crippen LogP contribution in [0, 0.1) is 19.7 Å². The van der Waals surface area contributed by atoms with Gasteiger partial charge in [0.1, 0.15) is 10.8 Å². The third kappa shape index (κ3) is 5.73. The number of halogens is 5. The molecule has 0 atom stereocenters. The second kappa shape index (κ2) is 10.7. The monoisotopic (exact) mass is 570 g/mol. The normalized spacial score (nSPS) is 11.1. The SMILES string of the molecule is Cc1nn(Cc2c(F)cccc2Cl)c(C)c1NC(=S)Nc1nn(Cc2c(Cl)cccc2Cl)cc1Cl. The maximum Gasteiger partial charge on any atom is 0.176 e. The summed E-state index contributed by atoms with van der Waals surface area (Å²) in [6.45, 7) is 4.20. The number of thiocarbonyl (C=S) groups is 1. The average Bonchev–Trinajstić information content (AvgIpc) is 3.26. The van der Waals surface area contributed by atoms with Crippen LogP contribution in [0.25, 0.3) is 0 Å². The van der Waals surface area contributed by atoms with Crippen molar-refractivity contribution in [1.29, 1.82) is 0 Å². The van der Waals surface area contributed by atoms with Crippen molar-refractivity contribution in [3.05, 3.63) is 91.0 Å². The molecular formula is C23H19Cl4FN6S. The van der Waals surface area contributed by atoms with Crippen LogP contribution in [0.15, 0.2) is 42.6 Å². The van der Waals surface area contributed by atoms with Gasteiger partial charge in [-0.1, -0.05) is 58.5 Å². The summed E-state index contributed by atoms with van der Waals surface area (Å²) < 4.78 is 17.5. The quantitative estimate of drug-likeness (QED) is 0.237. The Labute approximate surface area is 226 Å². The highest BCUT2D eigenvalue weighted by Gasteiger charge is 2.17. The number of hydrogen-bond donors (Lipinski definition) is 2. The van der Waals surface area contributed by atoms with Crippen LogP contribution in [0.3, 0.4) is 0 Å². The largest absolute Gasteiger partial charge is 0.329 e.